The summed E-state index contributed by atoms with van der Waals surface area (Å²) in [5, 5.41) is 3.41. The standard InChI is InChI=1S/C13H21ClN2/c1-11-6-4-9-15-12(11)16-10-13(2,3)7-5-8-14/h4,6,9H,5,7-8,10H2,1-3H3,(H,15,16). The Hall–Kier alpha value is -0.760. The van der Waals surface area contributed by atoms with Gasteiger partial charge in [-0.2, -0.15) is 0 Å². The molecule has 0 aliphatic rings. The van der Waals surface area contributed by atoms with Crippen LogP contribution in [-0.4, -0.2) is 17.4 Å². The van der Waals surface area contributed by atoms with E-state index in [0.29, 0.717) is 0 Å². The Kier molecular flexibility index (Phi) is 5.07. The van der Waals surface area contributed by atoms with Crippen molar-refractivity contribution in [2.45, 2.75) is 33.6 Å². The molecule has 3 heteroatoms. The van der Waals surface area contributed by atoms with Crippen LogP contribution in [0.4, 0.5) is 5.82 Å². The summed E-state index contributed by atoms with van der Waals surface area (Å²) >= 11 is 5.72. The Labute approximate surface area is 103 Å². The van der Waals surface area contributed by atoms with Crippen LogP contribution in [0.5, 0.6) is 0 Å². The van der Waals surface area contributed by atoms with Crippen LogP contribution in [0.25, 0.3) is 0 Å². The number of hydrogen-bond donors (Lipinski definition) is 1. The van der Waals surface area contributed by atoms with E-state index in [1.165, 1.54) is 5.56 Å². The molecule has 0 spiro atoms. The van der Waals surface area contributed by atoms with E-state index in [1.54, 1.807) is 0 Å². The Morgan fingerprint density at radius 2 is 2.19 bits per heavy atom. The first kappa shape index (κ1) is 13.3. The summed E-state index contributed by atoms with van der Waals surface area (Å²) in [7, 11) is 0. The number of aryl methyl sites for hydroxylation is 1. The second kappa shape index (κ2) is 6.09. The molecule has 0 amide bonds. The summed E-state index contributed by atoms with van der Waals surface area (Å²) in [5.41, 5.74) is 1.45. The zero-order chi connectivity index (χ0) is 12.0. The highest BCUT2D eigenvalue weighted by molar-refractivity contribution is 6.17. The third kappa shape index (κ3) is 4.40. The molecule has 2 nitrogen and oxygen atoms in total. The number of nitrogens with zero attached hydrogens (tertiary/aromatic N) is 1. The highest BCUT2D eigenvalue weighted by Gasteiger charge is 2.17. The number of alkyl halides is 1. The van der Waals surface area contributed by atoms with Crippen LogP contribution in [0.2, 0.25) is 0 Å². The molecule has 1 rings (SSSR count). The van der Waals surface area contributed by atoms with Gasteiger partial charge < -0.3 is 5.32 Å². The van der Waals surface area contributed by atoms with Crippen LogP contribution >= 0.6 is 11.6 Å². The van der Waals surface area contributed by atoms with Gasteiger partial charge in [-0.1, -0.05) is 19.9 Å². The predicted molar refractivity (Wildman–Crippen MR) is 71.2 cm³/mol. The smallest absolute Gasteiger partial charge is 0.128 e. The normalized spacial score (nSPS) is 11.5. The topological polar surface area (TPSA) is 24.9 Å². The highest BCUT2D eigenvalue weighted by atomic mass is 35.5. The van der Waals surface area contributed by atoms with E-state index in [4.69, 9.17) is 11.6 Å². The molecule has 0 saturated carbocycles. The van der Waals surface area contributed by atoms with E-state index in [2.05, 4.69) is 37.1 Å². The van der Waals surface area contributed by atoms with Crippen molar-refractivity contribution in [3.05, 3.63) is 23.9 Å². The molecule has 0 saturated heterocycles. The highest BCUT2D eigenvalue weighted by Crippen LogP contribution is 2.23. The van der Waals surface area contributed by atoms with E-state index in [9.17, 15) is 0 Å². The lowest BCUT2D eigenvalue weighted by Crippen LogP contribution is -2.23. The van der Waals surface area contributed by atoms with E-state index in [-0.39, 0.29) is 5.41 Å². The van der Waals surface area contributed by atoms with E-state index >= 15 is 0 Å². The van der Waals surface area contributed by atoms with Crippen LogP contribution in [0.1, 0.15) is 32.3 Å². The van der Waals surface area contributed by atoms with Crippen LogP contribution < -0.4 is 5.32 Å². The summed E-state index contributed by atoms with van der Waals surface area (Å²) in [6.45, 7) is 7.51. The fourth-order valence-corrected chi connectivity index (χ4v) is 1.76. The molecule has 0 aromatic carbocycles. The quantitative estimate of drug-likeness (QED) is 0.764. The lowest BCUT2D eigenvalue weighted by atomic mass is 9.88. The van der Waals surface area contributed by atoms with Gasteiger partial charge in [0.15, 0.2) is 0 Å². The first-order chi connectivity index (χ1) is 7.55. The average Bonchev–Trinajstić information content (AvgIpc) is 2.26. The first-order valence-corrected chi connectivity index (χ1v) is 6.30. The summed E-state index contributed by atoms with van der Waals surface area (Å²) in [5.74, 6) is 1.73. The van der Waals surface area contributed by atoms with E-state index in [1.807, 2.05) is 12.3 Å². The second-order valence-corrected chi connectivity index (χ2v) is 5.36. The summed E-state index contributed by atoms with van der Waals surface area (Å²) in [4.78, 5) is 4.32. The molecular weight excluding hydrogens is 220 g/mol. The summed E-state index contributed by atoms with van der Waals surface area (Å²) < 4.78 is 0. The molecule has 0 fully saturated rings. The Morgan fingerprint density at radius 3 is 2.81 bits per heavy atom. The van der Waals surface area contributed by atoms with Crippen molar-refractivity contribution >= 4 is 17.4 Å². The van der Waals surface area contributed by atoms with Gasteiger partial charge in [-0.25, -0.2) is 4.98 Å². The maximum absolute atomic E-state index is 5.72. The van der Waals surface area contributed by atoms with Gasteiger partial charge in [0.2, 0.25) is 0 Å². The first-order valence-electron chi connectivity index (χ1n) is 5.77. The number of anilines is 1. The fraction of sp³-hybridized carbons (Fsp3) is 0.615. The SMILES string of the molecule is Cc1cccnc1NCC(C)(C)CCCCl. The van der Waals surface area contributed by atoms with Crippen molar-refractivity contribution in [1.82, 2.24) is 4.98 Å². The maximum atomic E-state index is 5.72. The van der Waals surface area contributed by atoms with Gasteiger partial charge in [-0.15, -0.1) is 11.6 Å². The lowest BCUT2D eigenvalue weighted by molar-refractivity contribution is 0.355. The summed E-state index contributed by atoms with van der Waals surface area (Å²) in [6, 6.07) is 4.03. The number of halogens is 1. The van der Waals surface area contributed by atoms with E-state index < -0.39 is 0 Å². The van der Waals surface area contributed by atoms with Gasteiger partial charge in [-0.05, 0) is 36.8 Å². The van der Waals surface area contributed by atoms with Gasteiger partial charge in [0, 0.05) is 18.6 Å². The zero-order valence-electron chi connectivity index (χ0n) is 10.4. The van der Waals surface area contributed by atoms with Crippen molar-refractivity contribution < 1.29 is 0 Å². The van der Waals surface area contributed by atoms with Gasteiger partial charge >= 0.3 is 0 Å². The maximum Gasteiger partial charge on any atom is 0.128 e. The van der Waals surface area contributed by atoms with Crippen molar-refractivity contribution in [3.63, 3.8) is 0 Å². The average molecular weight is 241 g/mol. The molecule has 0 unspecified atom stereocenters. The van der Waals surface area contributed by atoms with Crippen LogP contribution in [0.3, 0.4) is 0 Å². The molecule has 0 bridgehead atoms. The molecule has 0 aliphatic carbocycles. The molecular formula is C13H21ClN2. The number of hydrogen-bond acceptors (Lipinski definition) is 2. The van der Waals surface area contributed by atoms with Crippen molar-refractivity contribution in [3.8, 4) is 0 Å². The molecule has 0 atom stereocenters. The molecule has 0 radical (unpaired) electrons. The number of rotatable bonds is 6. The molecule has 0 aliphatic heterocycles. The Bertz CT molecular complexity index is 323. The van der Waals surface area contributed by atoms with E-state index in [0.717, 1.165) is 31.1 Å². The Balaban J connectivity index is 2.47. The third-order valence-electron chi connectivity index (χ3n) is 2.73. The fourth-order valence-electron chi connectivity index (χ4n) is 1.63. The van der Waals surface area contributed by atoms with Crippen LogP contribution in [-0.2, 0) is 0 Å². The molecule has 1 aromatic rings. The van der Waals surface area contributed by atoms with Crippen molar-refractivity contribution in [2.24, 2.45) is 5.41 Å². The second-order valence-electron chi connectivity index (χ2n) is 4.98. The number of nitrogens with one attached hydrogen (secondary N) is 1. The predicted octanol–water partition coefficient (Wildman–Crippen LogP) is 3.85. The minimum absolute atomic E-state index is 0.263. The number of aromatic nitrogens is 1. The lowest BCUT2D eigenvalue weighted by Gasteiger charge is -2.25. The molecule has 90 valence electrons. The minimum atomic E-state index is 0.263. The van der Waals surface area contributed by atoms with Gasteiger partial charge in [0.1, 0.15) is 5.82 Å². The molecule has 1 N–H and O–H groups in total. The Morgan fingerprint density at radius 1 is 1.44 bits per heavy atom. The number of pyridine rings is 1. The zero-order valence-corrected chi connectivity index (χ0v) is 11.1. The molecule has 1 heterocycles. The largest absolute Gasteiger partial charge is 0.369 e. The third-order valence-corrected chi connectivity index (χ3v) is 3.00. The van der Waals surface area contributed by atoms with Gasteiger partial charge in [-0.3, -0.25) is 0 Å². The molecule has 1 aromatic heterocycles. The summed E-state index contributed by atoms with van der Waals surface area (Å²) in [6.07, 6.45) is 4.02. The minimum Gasteiger partial charge on any atom is -0.369 e. The van der Waals surface area contributed by atoms with Gasteiger partial charge in [0.05, 0.1) is 0 Å². The van der Waals surface area contributed by atoms with Crippen LogP contribution in [0, 0.1) is 12.3 Å². The van der Waals surface area contributed by atoms with Crippen molar-refractivity contribution in [2.75, 3.05) is 17.7 Å². The molecule has 16 heavy (non-hydrogen) atoms. The monoisotopic (exact) mass is 240 g/mol. The van der Waals surface area contributed by atoms with Crippen molar-refractivity contribution in [1.29, 1.82) is 0 Å². The van der Waals surface area contributed by atoms with Crippen LogP contribution in [0.15, 0.2) is 18.3 Å². The van der Waals surface area contributed by atoms with Gasteiger partial charge in [0.25, 0.3) is 0 Å².